The maximum absolute atomic E-state index is 13.4. The molecule has 2 aromatic heterocycles. The summed E-state index contributed by atoms with van der Waals surface area (Å²) < 4.78 is 15.2. The van der Waals surface area contributed by atoms with E-state index in [-0.39, 0.29) is 17.4 Å². The number of likely N-dealkylation sites (tertiary alicyclic amines) is 1. The molecule has 1 atom stereocenters. The zero-order valence-corrected chi connectivity index (χ0v) is 18.3. The smallest absolute Gasteiger partial charge is 0.293 e. The molecule has 1 aromatic carbocycles. The first-order valence-electron chi connectivity index (χ1n) is 10.4. The molecular weight excluding hydrogens is 413 g/mol. The van der Waals surface area contributed by atoms with E-state index < -0.39 is 5.91 Å². The molecule has 1 aliphatic rings. The zero-order chi connectivity index (χ0) is 22.8. The van der Waals surface area contributed by atoms with Crippen LogP contribution in [0.15, 0.2) is 42.7 Å². The highest BCUT2D eigenvalue weighted by molar-refractivity contribution is 6.08. The van der Waals surface area contributed by atoms with E-state index in [4.69, 9.17) is 4.84 Å². The van der Waals surface area contributed by atoms with Crippen molar-refractivity contribution in [2.45, 2.75) is 19.0 Å². The van der Waals surface area contributed by atoms with E-state index in [1.807, 2.05) is 23.6 Å². The normalized spacial score (nSPS) is 16.2. The van der Waals surface area contributed by atoms with Crippen molar-refractivity contribution in [2.24, 2.45) is 0 Å². The van der Waals surface area contributed by atoms with Crippen molar-refractivity contribution in [3.05, 3.63) is 65.4 Å². The van der Waals surface area contributed by atoms with Crippen molar-refractivity contribution in [3.63, 3.8) is 0 Å². The lowest BCUT2D eigenvalue weighted by atomic mass is 10.1. The Morgan fingerprint density at radius 1 is 1.28 bits per heavy atom. The number of nitrogens with one attached hydrogen (secondary N) is 1. The van der Waals surface area contributed by atoms with Gasteiger partial charge in [-0.3, -0.25) is 14.4 Å². The van der Waals surface area contributed by atoms with Crippen molar-refractivity contribution in [1.82, 2.24) is 24.8 Å². The molecule has 4 rings (SSSR count). The van der Waals surface area contributed by atoms with Gasteiger partial charge in [0.05, 0.1) is 24.4 Å². The predicted octanol–water partition coefficient (Wildman–Crippen LogP) is 2.29. The fraction of sp³-hybridized carbons (Fsp3) is 0.348. The van der Waals surface area contributed by atoms with Gasteiger partial charge in [0.15, 0.2) is 0 Å². The average molecular weight is 439 g/mol. The van der Waals surface area contributed by atoms with Gasteiger partial charge < -0.3 is 14.4 Å². The third kappa shape index (κ3) is 4.35. The van der Waals surface area contributed by atoms with Gasteiger partial charge in [0.1, 0.15) is 11.5 Å². The van der Waals surface area contributed by atoms with Crippen LogP contribution in [0.25, 0.3) is 10.9 Å². The minimum Gasteiger partial charge on any atom is -0.341 e. The number of likely N-dealkylation sites (N-methyl/N-ethyl adjacent to an activating group) is 1. The molecule has 0 bridgehead atoms. The van der Waals surface area contributed by atoms with Crippen LogP contribution in [0, 0.1) is 5.82 Å². The van der Waals surface area contributed by atoms with E-state index in [1.54, 1.807) is 30.6 Å². The number of fused-ring (bicyclic) bond motifs is 1. The van der Waals surface area contributed by atoms with E-state index in [2.05, 4.69) is 15.4 Å². The third-order valence-electron chi connectivity index (χ3n) is 5.87. The van der Waals surface area contributed by atoms with Crippen molar-refractivity contribution >= 4 is 22.7 Å². The first-order valence-corrected chi connectivity index (χ1v) is 10.4. The molecule has 1 saturated heterocycles. The number of carbonyl (C=O) groups excluding carboxylic acids is 2. The molecule has 0 radical (unpaired) electrons. The topological polar surface area (TPSA) is 79.7 Å². The number of benzene rings is 1. The Bertz CT molecular complexity index is 1140. The van der Waals surface area contributed by atoms with Gasteiger partial charge in [-0.1, -0.05) is 12.1 Å². The van der Waals surface area contributed by atoms with Crippen molar-refractivity contribution < 1.29 is 18.8 Å². The minimum atomic E-state index is -0.493. The molecule has 1 aliphatic heterocycles. The summed E-state index contributed by atoms with van der Waals surface area (Å²) in [5.74, 6) is -0.878. The molecule has 1 unspecified atom stereocenters. The average Bonchev–Trinajstić information content (AvgIpc) is 3.41. The number of hydroxylamine groups is 1. The summed E-state index contributed by atoms with van der Waals surface area (Å²) in [5, 5.41) is 0.640. The van der Waals surface area contributed by atoms with E-state index in [9.17, 15) is 14.0 Å². The van der Waals surface area contributed by atoms with Crippen molar-refractivity contribution in [2.75, 3.05) is 34.3 Å². The molecule has 0 spiro atoms. The fourth-order valence-electron chi connectivity index (χ4n) is 4.06. The number of pyridine rings is 1. The zero-order valence-electron chi connectivity index (χ0n) is 18.3. The van der Waals surface area contributed by atoms with E-state index in [0.29, 0.717) is 36.6 Å². The van der Waals surface area contributed by atoms with Gasteiger partial charge in [-0.2, -0.15) is 0 Å². The second-order valence-electron chi connectivity index (χ2n) is 8.18. The maximum atomic E-state index is 13.4. The highest BCUT2D eigenvalue weighted by Crippen LogP contribution is 2.26. The van der Waals surface area contributed by atoms with Crippen LogP contribution in [0.1, 0.15) is 32.8 Å². The molecule has 1 fully saturated rings. The number of carbonyl (C=O) groups is 2. The van der Waals surface area contributed by atoms with Crippen LogP contribution in [-0.2, 0) is 11.4 Å². The molecule has 3 heterocycles. The summed E-state index contributed by atoms with van der Waals surface area (Å²) in [6.07, 6.45) is 4.28. The van der Waals surface area contributed by atoms with Gasteiger partial charge in [0.25, 0.3) is 11.8 Å². The van der Waals surface area contributed by atoms with E-state index in [0.717, 1.165) is 17.5 Å². The first kappa shape index (κ1) is 21.9. The van der Waals surface area contributed by atoms with Gasteiger partial charge >= 0.3 is 0 Å². The fourth-order valence-corrected chi connectivity index (χ4v) is 4.06. The summed E-state index contributed by atoms with van der Waals surface area (Å²) in [7, 11) is 5.37. The van der Waals surface area contributed by atoms with Crippen LogP contribution >= 0.6 is 0 Å². The summed E-state index contributed by atoms with van der Waals surface area (Å²) in [6, 6.07) is 8.15. The molecule has 0 aliphatic carbocycles. The second kappa shape index (κ2) is 9.05. The van der Waals surface area contributed by atoms with Crippen LogP contribution in [0.2, 0.25) is 0 Å². The molecule has 32 heavy (non-hydrogen) atoms. The Kier molecular flexibility index (Phi) is 6.20. The molecule has 1 N–H and O–H groups in total. The SMILES string of the molecule is CONC(=O)c1cc2c(C(=O)N3CCC(N(C)C)C3)cn(Cc3ccc(F)cc3)c2cn1. The number of rotatable bonds is 6. The summed E-state index contributed by atoms with van der Waals surface area (Å²) in [5.41, 5.74) is 4.52. The minimum absolute atomic E-state index is 0.0819. The Morgan fingerprint density at radius 2 is 2.03 bits per heavy atom. The number of aromatic nitrogens is 2. The Balaban J connectivity index is 1.73. The van der Waals surface area contributed by atoms with Crippen molar-refractivity contribution in [1.29, 1.82) is 0 Å². The molecule has 168 valence electrons. The monoisotopic (exact) mass is 439 g/mol. The van der Waals surface area contributed by atoms with Crippen LogP contribution in [0.4, 0.5) is 4.39 Å². The lowest BCUT2D eigenvalue weighted by molar-refractivity contribution is 0.0532. The van der Waals surface area contributed by atoms with Gasteiger partial charge in [-0.05, 0) is 44.3 Å². The second-order valence-corrected chi connectivity index (χ2v) is 8.18. The molecule has 2 amide bonds. The molecule has 0 saturated carbocycles. The van der Waals surface area contributed by atoms with Crippen LogP contribution < -0.4 is 5.48 Å². The molecule has 9 heteroatoms. The highest BCUT2D eigenvalue weighted by atomic mass is 19.1. The highest BCUT2D eigenvalue weighted by Gasteiger charge is 2.30. The van der Waals surface area contributed by atoms with Gasteiger partial charge in [-0.25, -0.2) is 14.9 Å². The van der Waals surface area contributed by atoms with Crippen molar-refractivity contribution in [3.8, 4) is 0 Å². The predicted molar refractivity (Wildman–Crippen MR) is 118 cm³/mol. The Hall–Kier alpha value is -3.30. The van der Waals surface area contributed by atoms with Crippen LogP contribution in [0.5, 0.6) is 0 Å². The summed E-state index contributed by atoms with van der Waals surface area (Å²) >= 11 is 0. The number of hydrogen-bond donors (Lipinski definition) is 1. The maximum Gasteiger partial charge on any atom is 0.293 e. The van der Waals surface area contributed by atoms with Gasteiger partial charge in [0.2, 0.25) is 0 Å². The lowest BCUT2D eigenvalue weighted by Gasteiger charge is -2.20. The summed E-state index contributed by atoms with van der Waals surface area (Å²) in [4.78, 5) is 38.6. The van der Waals surface area contributed by atoms with Crippen LogP contribution in [-0.4, -0.2) is 71.5 Å². The lowest BCUT2D eigenvalue weighted by Crippen LogP contribution is -2.34. The quantitative estimate of drug-likeness (QED) is 0.597. The van der Waals surface area contributed by atoms with E-state index in [1.165, 1.54) is 19.2 Å². The summed E-state index contributed by atoms with van der Waals surface area (Å²) in [6.45, 7) is 1.77. The van der Waals surface area contributed by atoms with E-state index >= 15 is 0 Å². The third-order valence-corrected chi connectivity index (χ3v) is 5.87. The Labute approximate surface area is 185 Å². The number of hydrogen-bond acceptors (Lipinski definition) is 5. The molecule has 8 nitrogen and oxygen atoms in total. The Morgan fingerprint density at radius 3 is 2.69 bits per heavy atom. The van der Waals surface area contributed by atoms with Crippen LogP contribution in [0.3, 0.4) is 0 Å². The first-order chi connectivity index (χ1) is 15.4. The van der Waals surface area contributed by atoms with Gasteiger partial charge in [0, 0.05) is 37.3 Å². The number of halogens is 1. The largest absolute Gasteiger partial charge is 0.341 e. The standard InChI is InChI=1S/C23H26FN5O3/c1-27(2)17-8-9-28(13-17)23(31)19-14-29(12-15-4-6-16(24)7-5-15)21-11-25-20(10-18(19)21)22(30)26-32-3/h4-7,10-11,14,17H,8-9,12-13H2,1-3H3,(H,26,30). The van der Waals surface area contributed by atoms with Gasteiger partial charge in [-0.15, -0.1) is 0 Å². The number of amides is 2. The molecule has 3 aromatic rings. The number of nitrogens with zero attached hydrogens (tertiary/aromatic N) is 4. The molecular formula is C23H26FN5O3.